The van der Waals surface area contributed by atoms with Crippen molar-refractivity contribution in [2.75, 3.05) is 0 Å². The highest BCUT2D eigenvalue weighted by Gasteiger charge is 2.14. The molecule has 0 saturated carbocycles. The van der Waals surface area contributed by atoms with Gasteiger partial charge < -0.3 is 16.3 Å². The van der Waals surface area contributed by atoms with E-state index in [1.807, 2.05) is 0 Å². The number of nitrogens with two attached hydrogens (primary N) is 1. The van der Waals surface area contributed by atoms with Crippen LogP contribution in [0.1, 0.15) is 6.42 Å². The third kappa shape index (κ3) is 5.27. The summed E-state index contributed by atoms with van der Waals surface area (Å²) in [7, 11) is 0. The summed E-state index contributed by atoms with van der Waals surface area (Å²) >= 11 is 0. The second-order valence-corrected chi connectivity index (χ2v) is 1.68. The Morgan fingerprint density at radius 1 is 1.55 bits per heavy atom. The second kappa shape index (κ2) is 5.59. The lowest BCUT2D eigenvalue weighted by molar-refractivity contribution is -0.141. The van der Waals surface area contributed by atoms with Crippen molar-refractivity contribution in [2.24, 2.45) is 5.73 Å². The molecule has 11 heavy (non-hydrogen) atoms. The first-order valence-corrected chi connectivity index (χ1v) is 2.49. The summed E-state index contributed by atoms with van der Waals surface area (Å²) in [5.74, 6) is -2.08. The molecular weight excluding hydrogens is 156 g/mol. The van der Waals surface area contributed by atoms with Gasteiger partial charge in [-0.2, -0.15) is 0 Å². The third-order valence-electron chi connectivity index (χ3n) is 0.847. The molecule has 0 bridgehead atoms. The van der Waals surface area contributed by atoms with Gasteiger partial charge in [-0.3, -0.25) is 14.8 Å². The molecule has 0 fully saturated rings. The summed E-state index contributed by atoms with van der Waals surface area (Å²) in [4.78, 5) is 20.2. The number of carbonyl (C=O) groups is 2. The van der Waals surface area contributed by atoms with E-state index in [-0.39, 0.29) is 5.48 Å². The van der Waals surface area contributed by atoms with E-state index in [1.54, 1.807) is 0 Å². The Labute approximate surface area is 62.1 Å². The van der Waals surface area contributed by atoms with Crippen LogP contribution in [0.15, 0.2) is 0 Å². The zero-order valence-corrected chi connectivity index (χ0v) is 5.57. The number of rotatable bonds is 3. The van der Waals surface area contributed by atoms with Crippen molar-refractivity contribution in [2.45, 2.75) is 12.5 Å². The molecule has 0 saturated heterocycles. The fourth-order valence-corrected chi connectivity index (χ4v) is 0.333. The Morgan fingerprint density at radius 3 is 2.27 bits per heavy atom. The maximum atomic E-state index is 10.2. The number of aliphatic carboxylic acids is 1. The normalized spacial score (nSPS) is 11.1. The Bertz CT molecular complexity index is 147. The maximum absolute atomic E-state index is 10.2. The molecule has 0 aromatic heterocycles. The number of carboxylic acid groups (broad SMARTS) is 1. The van der Waals surface area contributed by atoms with Gasteiger partial charge in [0.1, 0.15) is 6.04 Å². The fourth-order valence-electron chi connectivity index (χ4n) is 0.333. The molecule has 0 radical (unpaired) electrons. The Morgan fingerprint density at radius 2 is 2.00 bits per heavy atom. The minimum Gasteiger partial charge on any atom is -0.480 e. The van der Waals surface area contributed by atoms with Crippen LogP contribution in [0.2, 0.25) is 0 Å². The average Bonchev–Trinajstić information content (AvgIpc) is 1.87. The maximum Gasteiger partial charge on any atom is 0.321 e. The first-order chi connectivity index (χ1) is 4.57. The minimum atomic E-state index is -1.27. The second-order valence-electron chi connectivity index (χ2n) is 1.68. The largest absolute Gasteiger partial charge is 0.480 e. The standard InChI is InChI=1S/C4H8N2O4.H2O/c5-2(4(8)9)1-3(7)6-10;/h2,10H,1,5H2,(H,6,7)(H,8,9);1H2. The van der Waals surface area contributed by atoms with Crippen molar-refractivity contribution in [1.82, 2.24) is 5.48 Å². The lowest BCUT2D eigenvalue weighted by Gasteiger charge is -2.02. The summed E-state index contributed by atoms with van der Waals surface area (Å²) < 4.78 is 0. The molecule has 0 aliphatic heterocycles. The Kier molecular flexibility index (Phi) is 6.35. The molecule has 0 aliphatic rings. The van der Waals surface area contributed by atoms with Gasteiger partial charge in [0.2, 0.25) is 5.91 Å². The molecule has 0 heterocycles. The molecule has 1 unspecified atom stereocenters. The molecule has 7 heteroatoms. The highest BCUT2D eigenvalue weighted by molar-refractivity contribution is 5.83. The first-order valence-electron chi connectivity index (χ1n) is 2.49. The van der Waals surface area contributed by atoms with Crippen LogP contribution < -0.4 is 11.2 Å². The SMILES string of the molecule is NC(CC(=O)NO)C(=O)O.O. The molecule has 0 aromatic rings. The van der Waals surface area contributed by atoms with Crippen LogP contribution >= 0.6 is 0 Å². The van der Waals surface area contributed by atoms with Crippen molar-refractivity contribution in [3.05, 3.63) is 0 Å². The number of nitrogens with one attached hydrogen (secondary N) is 1. The van der Waals surface area contributed by atoms with Crippen molar-refractivity contribution in [3.63, 3.8) is 0 Å². The van der Waals surface area contributed by atoms with E-state index in [1.165, 1.54) is 5.48 Å². The van der Waals surface area contributed by atoms with E-state index in [9.17, 15) is 9.59 Å². The van der Waals surface area contributed by atoms with Gasteiger partial charge in [-0.05, 0) is 0 Å². The lowest BCUT2D eigenvalue weighted by atomic mass is 10.2. The van der Waals surface area contributed by atoms with Crippen LogP contribution in [0.25, 0.3) is 0 Å². The molecule has 7 N–H and O–H groups in total. The summed E-state index contributed by atoms with van der Waals surface area (Å²) in [6.07, 6.45) is -0.425. The molecule has 66 valence electrons. The van der Waals surface area contributed by atoms with Crippen LogP contribution in [-0.4, -0.2) is 33.7 Å². The molecule has 0 aliphatic carbocycles. The summed E-state index contributed by atoms with van der Waals surface area (Å²) in [5.41, 5.74) is 6.19. The number of hydrogen-bond donors (Lipinski definition) is 4. The zero-order valence-electron chi connectivity index (χ0n) is 5.57. The van der Waals surface area contributed by atoms with Crippen molar-refractivity contribution in [1.29, 1.82) is 0 Å². The molecule has 0 aromatic carbocycles. The monoisotopic (exact) mass is 166 g/mol. The average molecular weight is 166 g/mol. The molecule has 0 spiro atoms. The fraction of sp³-hybridized carbons (Fsp3) is 0.500. The molecule has 7 nitrogen and oxygen atoms in total. The highest BCUT2D eigenvalue weighted by Crippen LogP contribution is 1.86. The molecule has 1 atom stereocenters. The number of hydrogen-bond acceptors (Lipinski definition) is 4. The number of amides is 1. The van der Waals surface area contributed by atoms with Gasteiger partial charge in [0.15, 0.2) is 0 Å². The van der Waals surface area contributed by atoms with Crippen molar-refractivity contribution in [3.8, 4) is 0 Å². The van der Waals surface area contributed by atoms with Crippen LogP contribution in [0.4, 0.5) is 0 Å². The van der Waals surface area contributed by atoms with E-state index in [0.29, 0.717) is 0 Å². The van der Waals surface area contributed by atoms with Gasteiger partial charge >= 0.3 is 5.97 Å². The lowest BCUT2D eigenvalue weighted by Crippen LogP contribution is -2.35. The van der Waals surface area contributed by atoms with E-state index in [2.05, 4.69) is 0 Å². The number of carbonyl (C=O) groups excluding carboxylic acids is 1. The number of hydroxylamine groups is 1. The van der Waals surface area contributed by atoms with Gasteiger partial charge in [-0.15, -0.1) is 0 Å². The number of carboxylic acids is 1. The van der Waals surface area contributed by atoms with Gasteiger partial charge in [-0.25, -0.2) is 5.48 Å². The molecule has 0 rings (SSSR count). The van der Waals surface area contributed by atoms with E-state index >= 15 is 0 Å². The smallest absolute Gasteiger partial charge is 0.321 e. The quantitative estimate of drug-likeness (QED) is 0.270. The van der Waals surface area contributed by atoms with E-state index in [4.69, 9.17) is 16.0 Å². The van der Waals surface area contributed by atoms with Crippen LogP contribution in [0, 0.1) is 0 Å². The first kappa shape index (κ1) is 12.5. The van der Waals surface area contributed by atoms with Crippen LogP contribution in [-0.2, 0) is 9.59 Å². The van der Waals surface area contributed by atoms with Crippen LogP contribution in [0.5, 0.6) is 0 Å². The predicted molar refractivity (Wildman–Crippen MR) is 33.8 cm³/mol. The van der Waals surface area contributed by atoms with Crippen molar-refractivity contribution < 1.29 is 25.4 Å². The zero-order chi connectivity index (χ0) is 8.15. The predicted octanol–water partition coefficient (Wildman–Crippen LogP) is -2.53. The van der Waals surface area contributed by atoms with Gasteiger partial charge in [-0.1, -0.05) is 0 Å². The van der Waals surface area contributed by atoms with Crippen molar-refractivity contribution >= 4 is 11.9 Å². The van der Waals surface area contributed by atoms with Crippen LogP contribution in [0.3, 0.4) is 0 Å². The van der Waals surface area contributed by atoms with E-state index in [0.717, 1.165) is 0 Å². The molecule has 1 amide bonds. The van der Waals surface area contributed by atoms with Gasteiger partial charge in [0.25, 0.3) is 0 Å². The van der Waals surface area contributed by atoms with Gasteiger partial charge in [0, 0.05) is 0 Å². The third-order valence-corrected chi connectivity index (χ3v) is 0.847. The van der Waals surface area contributed by atoms with Gasteiger partial charge in [0.05, 0.1) is 6.42 Å². The summed E-state index contributed by atoms with van der Waals surface area (Å²) in [6.45, 7) is 0. The Balaban J connectivity index is 0. The molecular formula is C4H10N2O5. The highest BCUT2D eigenvalue weighted by atomic mass is 16.5. The van der Waals surface area contributed by atoms with E-state index < -0.39 is 24.3 Å². The topological polar surface area (TPSA) is 144 Å². The Hall–Kier alpha value is -1.18. The minimum absolute atomic E-state index is 0. The summed E-state index contributed by atoms with van der Waals surface area (Å²) in [5, 5.41) is 16.1. The summed E-state index contributed by atoms with van der Waals surface area (Å²) in [6, 6.07) is -1.26.